The van der Waals surface area contributed by atoms with E-state index in [0.717, 1.165) is 5.56 Å². The number of amides is 2. The van der Waals surface area contributed by atoms with Gasteiger partial charge in [-0.1, -0.05) is 23.2 Å². The third kappa shape index (κ3) is 4.37. The van der Waals surface area contributed by atoms with Gasteiger partial charge in [-0.05, 0) is 56.9 Å². The second kappa shape index (κ2) is 6.47. The van der Waals surface area contributed by atoms with Crippen molar-refractivity contribution in [2.75, 3.05) is 6.54 Å². The number of nitrogens with zero attached hydrogens (tertiary/aromatic N) is 1. The quantitative estimate of drug-likeness (QED) is 0.746. The van der Waals surface area contributed by atoms with Gasteiger partial charge in [0, 0.05) is 23.0 Å². The minimum absolute atomic E-state index is 0.0161. The van der Waals surface area contributed by atoms with Crippen molar-refractivity contribution in [2.45, 2.75) is 45.1 Å². The molecule has 6 heteroatoms. The maximum atomic E-state index is 12.2. The Morgan fingerprint density at radius 3 is 2.32 bits per heavy atom. The van der Waals surface area contributed by atoms with E-state index in [4.69, 9.17) is 27.9 Å². The fourth-order valence-corrected chi connectivity index (χ4v) is 2.98. The van der Waals surface area contributed by atoms with Gasteiger partial charge in [0.15, 0.2) is 0 Å². The monoisotopic (exact) mass is 343 g/mol. The van der Waals surface area contributed by atoms with Crippen LogP contribution in [-0.2, 0) is 9.53 Å². The Morgan fingerprint density at radius 2 is 1.82 bits per heavy atom. The SMILES string of the molecule is CC(C)(C)OC(=O)N1CCC(c2cc(Cl)cc(Cl)c2)CC1=O. The summed E-state index contributed by atoms with van der Waals surface area (Å²) >= 11 is 12.0. The molecule has 0 radical (unpaired) electrons. The lowest BCUT2D eigenvalue weighted by atomic mass is 9.89. The summed E-state index contributed by atoms with van der Waals surface area (Å²) in [7, 11) is 0. The molecule has 0 aromatic heterocycles. The maximum absolute atomic E-state index is 12.2. The van der Waals surface area contributed by atoms with Gasteiger partial charge in [0.1, 0.15) is 5.60 Å². The molecule has 2 rings (SSSR count). The van der Waals surface area contributed by atoms with Crippen LogP contribution in [0.15, 0.2) is 18.2 Å². The van der Waals surface area contributed by atoms with Crippen LogP contribution in [0.5, 0.6) is 0 Å². The van der Waals surface area contributed by atoms with E-state index in [1.54, 1.807) is 26.8 Å². The molecule has 0 aliphatic carbocycles. The first-order chi connectivity index (χ1) is 10.2. The summed E-state index contributed by atoms with van der Waals surface area (Å²) < 4.78 is 5.25. The zero-order valence-electron chi connectivity index (χ0n) is 12.9. The van der Waals surface area contributed by atoms with Crippen LogP contribution in [0.4, 0.5) is 4.79 Å². The highest BCUT2D eigenvalue weighted by Crippen LogP contribution is 2.32. The van der Waals surface area contributed by atoms with Crippen LogP contribution in [0.1, 0.15) is 45.1 Å². The lowest BCUT2D eigenvalue weighted by Crippen LogP contribution is -2.44. The lowest BCUT2D eigenvalue weighted by Gasteiger charge is -2.32. The molecule has 1 unspecified atom stereocenters. The fourth-order valence-electron chi connectivity index (χ4n) is 2.44. The highest BCUT2D eigenvalue weighted by molar-refractivity contribution is 6.34. The van der Waals surface area contributed by atoms with E-state index in [-0.39, 0.29) is 18.2 Å². The Morgan fingerprint density at radius 1 is 1.23 bits per heavy atom. The van der Waals surface area contributed by atoms with Gasteiger partial charge in [-0.3, -0.25) is 4.79 Å². The maximum Gasteiger partial charge on any atom is 0.417 e. The first-order valence-corrected chi connectivity index (χ1v) is 7.90. The standard InChI is InChI=1S/C16H19Cl2NO3/c1-16(2,3)22-15(21)19-5-4-10(8-14(19)20)11-6-12(17)9-13(18)7-11/h6-7,9-10H,4-5,8H2,1-3H3. The number of likely N-dealkylation sites (tertiary alicyclic amines) is 1. The molecule has 1 aliphatic rings. The van der Waals surface area contributed by atoms with Crippen LogP contribution in [0.2, 0.25) is 10.0 Å². The summed E-state index contributed by atoms with van der Waals surface area (Å²) in [4.78, 5) is 25.4. The van der Waals surface area contributed by atoms with Gasteiger partial charge in [-0.2, -0.15) is 0 Å². The van der Waals surface area contributed by atoms with Crippen LogP contribution in [-0.4, -0.2) is 29.0 Å². The number of hydrogen-bond acceptors (Lipinski definition) is 3. The number of carbonyl (C=O) groups is 2. The molecule has 1 aromatic rings. The normalized spacial score (nSPS) is 19.2. The zero-order chi connectivity index (χ0) is 16.5. The molecule has 120 valence electrons. The third-order valence-corrected chi connectivity index (χ3v) is 3.83. The van der Waals surface area contributed by atoms with E-state index >= 15 is 0 Å². The first-order valence-electron chi connectivity index (χ1n) is 7.15. The Hall–Kier alpha value is -1.26. The summed E-state index contributed by atoms with van der Waals surface area (Å²) in [6.45, 7) is 5.66. The molecular formula is C16H19Cl2NO3. The fraction of sp³-hybridized carbons (Fsp3) is 0.500. The molecule has 1 atom stereocenters. The van der Waals surface area contributed by atoms with E-state index in [2.05, 4.69) is 0 Å². The van der Waals surface area contributed by atoms with Gasteiger partial charge in [0.05, 0.1) is 0 Å². The van der Waals surface area contributed by atoms with E-state index in [9.17, 15) is 9.59 Å². The van der Waals surface area contributed by atoms with Crippen LogP contribution in [0.25, 0.3) is 0 Å². The summed E-state index contributed by atoms with van der Waals surface area (Å²) in [5.74, 6) is -0.219. The highest BCUT2D eigenvalue weighted by atomic mass is 35.5. The molecular weight excluding hydrogens is 325 g/mol. The van der Waals surface area contributed by atoms with Crippen LogP contribution in [0, 0.1) is 0 Å². The van der Waals surface area contributed by atoms with E-state index in [1.807, 2.05) is 12.1 Å². The van der Waals surface area contributed by atoms with Crippen molar-refractivity contribution in [3.8, 4) is 0 Å². The Kier molecular flexibility index (Phi) is 5.03. The van der Waals surface area contributed by atoms with Crippen LogP contribution < -0.4 is 0 Å². The van der Waals surface area contributed by atoms with Crippen LogP contribution >= 0.6 is 23.2 Å². The van der Waals surface area contributed by atoms with Crippen LogP contribution in [0.3, 0.4) is 0 Å². The molecule has 0 N–H and O–H groups in total. The van der Waals surface area contributed by atoms with Gasteiger partial charge < -0.3 is 4.74 Å². The second-order valence-corrected chi connectivity index (χ2v) is 7.29. The van der Waals surface area contributed by atoms with E-state index in [0.29, 0.717) is 23.0 Å². The summed E-state index contributed by atoms with van der Waals surface area (Å²) in [5, 5.41) is 1.09. The van der Waals surface area contributed by atoms with Crippen molar-refractivity contribution in [1.82, 2.24) is 4.90 Å². The molecule has 1 aliphatic heterocycles. The average Bonchev–Trinajstić information content (AvgIpc) is 2.35. The van der Waals surface area contributed by atoms with E-state index < -0.39 is 11.7 Å². The minimum atomic E-state index is -0.616. The zero-order valence-corrected chi connectivity index (χ0v) is 14.4. The number of rotatable bonds is 1. The molecule has 1 aromatic carbocycles. The number of benzene rings is 1. The third-order valence-electron chi connectivity index (χ3n) is 3.39. The van der Waals surface area contributed by atoms with Gasteiger partial charge in [-0.25, -0.2) is 9.69 Å². The summed E-state index contributed by atoms with van der Waals surface area (Å²) in [6, 6.07) is 5.29. The van der Waals surface area contributed by atoms with Crippen molar-refractivity contribution in [1.29, 1.82) is 0 Å². The predicted octanol–water partition coefficient (Wildman–Crippen LogP) is 4.63. The molecule has 22 heavy (non-hydrogen) atoms. The minimum Gasteiger partial charge on any atom is -0.443 e. The molecule has 0 saturated carbocycles. The van der Waals surface area contributed by atoms with Crippen molar-refractivity contribution < 1.29 is 14.3 Å². The second-order valence-electron chi connectivity index (χ2n) is 6.42. The molecule has 2 amide bonds. The first kappa shape index (κ1) is 17.1. The lowest BCUT2D eigenvalue weighted by molar-refractivity contribution is -0.132. The molecule has 0 bridgehead atoms. The van der Waals surface area contributed by atoms with Crippen molar-refractivity contribution >= 4 is 35.2 Å². The van der Waals surface area contributed by atoms with Gasteiger partial charge in [0.25, 0.3) is 0 Å². The largest absolute Gasteiger partial charge is 0.443 e. The number of hydrogen-bond donors (Lipinski definition) is 0. The highest BCUT2D eigenvalue weighted by Gasteiger charge is 2.33. The Bertz CT molecular complexity index is 575. The number of piperidine rings is 1. The van der Waals surface area contributed by atoms with Gasteiger partial charge in [-0.15, -0.1) is 0 Å². The van der Waals surface area contributed by atoms with Gasteiger partial charge >= 0.3 is 6.09 Å². The van der Waals surface area contributed by atoms with Crippen molar-refractivity contribution in [3.05, 3.63) is 33.8 Å². The molecule has 0 spiro atoms. The van der Waals surface area contributed by atoms with Crippen molar-refractivity contribution in [3.63, 3.8) is 0 Å². The molecule has 1 saturated heterocycles. The molecule has 1 fully saturated rings. The summed E-state index contributed by atoms with van der Waals surface area (Å²) in [5.41, 5.74) is 0.309. The topological polar surface area (TPSA) is 46.6 Å². The average molecular weight is 344 g/mol. The number of ether oxygens (including phenoxy) is 1. The predicted molar refractivity (Wildman–Crippen MR) is 86.4 cm³/mol. The number of halogens is 2. The summed E-state index contributed by atoms with van der Waals surface area (Å²) in [6.07, 6.45) is 0.331. The number of imide groups is 1. The Balaban J connectivity index is 2.06. The van der Waals surface area contributed by atoms with E-state index in [1.165, 1.54) is 4.90 Å². The number of carbonyl (C=O) groups excluding carboxylic acids is 2. The van der Waals surface area contributed by atoms with Crippen molar-refractivity contribution in [2.24, 2.45) is 0 Å². The molecule has 1 heterocycles. The van der Waals surface area contributed by atoms with Gasteiger partial charge in [0.2, 0.25) is 5.91 Å². The molecule has 4 nitrogen and oxygen atoms in total. The Labute approximate surface area is 140 Å². The smallest absolute Gasteiger partial charge is 0.417 e.